The highest BCUT2D eigenvalue weighted by Crippen LogP contribution is 2.39. The Balaban J connectivity index is 1.69. The lowest BCUT2D eigenvalue weighted by molar-refractivity contribution is -0.126. The molecule has 2 aliphatic heterocycles. The van der Waals surface area contributed by atoms with Crippen LogP contribution >= 0.6 is 0 Å². The lowest BCUT2D eigenvalue weighted by Gasteiger charge is -2.51. The van der Waals surface area contributed by atoms with Gasteiger partial charge in [-0.1, -0.05) is 0 Å². The lowest BCUT2D eigenvalue weighted by Crippen LogP contribution is -2.60. The molecule has 3 rings (SSSR count). The number of nitrogens with one attached hydrogen (secondary N) is 1. The van der Waals surface area contributed by atoms with Crippen LogP contribution in [0.15, 0.2) is 24.3 Å². The summed E-state index contributed by atoms with van der Waals surface area (Å²) in [6.07, 6.45) is 1.88. The Morgan fingerprint density at radius 3 is 2.62 bits per heavy atom. The van der Waals surface area contributed by atoms with Crippen LogP contribution in [0.2, 0.25) is 0 Å². The molecule has 2 heterocycles. The second kappa shape index (κ2) is 9.13. The van der Waals surface area contributed by atoms with Crippen LogP contribution in [0.25, 0.3) is 0 Å². The van der Waals surface area contributed by atoms with Crippen LogP contribution in [0.3, 0.4) is 0 Å². The Hall–Kier alpha value is -2.12. The minimum atomic E-state index is -0.460. The van der Waals surface area contributed by atoms with Gasteiger partial charge in [-0.2, -0.15) is 0 Å². The normalized spacial score (nSPS) is 25.3. The minimum Gasteiger partial charge on any atom is -0.497 e. The Morgan fingerprint density at radius 1 is 1.24 bits per heavy atom. The Kier molecular flexibility index (Phi) is 6.80. The largest absolute Gasteiger partial charge is 0.497 e. The van der Waals surface area contributed by atoms with Gasteiger partial charge in [0.25, 0.3) is 5.91 Å². The number of rotatable bonds is 5. The number of carbonyl (C=O) groups is 2. The summed E-state index contributed by atoms with van der Waals surface area (Å²) in [5.41, 5.74) is 0.248. The maximum absolute atomic E-state index is 13.0. The summed E-state index contributed by atoms with van der Waals surface area (Å²) in [5.74, 6) is 0.705. The molecule has 160 valence electrons. The van der Waals surface area contributed by atoms with E-state index in [-0.39, 0.29) is 23.3 Å². The highest BCUT2D eigenvalue weighted by molar-refractivity contribution is 5.94. The van der Waals surface area contributed by atoms with E-state index < -0.39 is 6.10 Å². The molecule has 0 aromatic heterocycles. The first-order valence-corrected chi connectivity index (χ1v) is 10.5. The quantitative estimate of drug-likeness (QED) is 0.779. The van der Waals surface area contributed by atoms with E-state index in [1.54, 1.807) is 31.4 Å². The van der Waals surface area contributed by atoms with Crippen molar-refractivity contribution in [2.24, 2.45) is 5.41 Å². The van der Waals surface area contributed by atoms with Crippen LogP contribution in [0.4, 0.5) is 0 Å². The van der Waals surface area contributed by atoms with Crippen molar-refractivity contribution in [2.45, 2.75) is 45.3 Å². The molecule has 2 aliphatic rings. The highest BCUT2D eigenvalue weighted by Gasteiger charge is 2.46. The fourth-order valence-corrected chi connectivity index (χ4v) is 4.60. The summed E-state index contributed by atoms with van der Waals surface area (Å²) in [6.45, 7) is 6.76. The van der Waals surface area contributed by atoms with Gasteiger partial charge in [-0.05, 0) is 57.4 Å². The number of ether oxygens (including phenoxy) is 1. The third kappa shape index (κ3) is 5.08. The summed E-state index contributed by atoms with van der Waals surface area (Å²) in [6, 6.07) is 7.25. The summed E-state index contributed by atoms with van der Waals surface area (Å²) < 4.78 is 5.17. The van der Waals surface area contributed by atoms with Crippen molar-refractivity contribution in [3.8, 4) is 5.75 Å². The molecule has 0 aliphatic carbocycles. The maximum atomic E-state index is 13.0. The number of amides is 2. The topological polar surface area (TPSA) is 82.1 Å². The van der Waals surface area contributed by atoms with Gasteiger partial charge in [0.15, 0.2) is 0 Å². The third-order valence-corrected chi connectivity index (χ3v) is 6.01. The van der Waals surface area contributed by atoms with E-state index in [9.17, 15) is 14.7 Å². The molecule has 7 nitrogen and oxygen atoms in total. The average molecular weight is 404 g/mol. The van der Waals surface area contributed by atoms with E-state index in [2.05, 4.69) is 10.2 Å². The van der Waals surface area contributed by atoms with E-state index in [0.29, 0.717) is 44.7 Å². The molecule has 0 bridgehead atoms. The summed E-state index contributed by atoms with van der Waals surface area (Å²) in [7, 11) is 1.60. The van der Waals surface area contributed by atoms with Crippen LogP contribution in [-0.2, 0) is 4.79 Å². The van der Waals surface area contributed by atoms with Crippen molar-refractivity contribution in [3.63, 3.8) is 0 Å². The first kappa shape index (κ1) is 21.6. The monoisotopic (exact) mass is 403 g/mol. The Morgan fingerprint density at radius 2 is 1.97 bits per heavy atom. The van der Waals surface area contributed by atoms with Crippen molar-refractivity contribution in [1.29, 1.82) is 0 Å². The second-order valence-corrected chi connectivity index (χ2v) is 8.66. The van der Waals surface area contributed by atoms with Crippen molar-refractivity contribution >= 4 is 11.8 Å². The molecule has 1 spiro atoms. The van der Waals surface area contributed by atoms with Gasteiger partial charge in [-0.25, -0.2) is 0 Å². The summed E-state index contributed by atoms with van der Waals surface area (Å²) in [5, 5.41) is 13.8. The van der Waals surface area contributed by atoms with E-state index >= 15 is 0 Å². The zero-order chi connectivity index (χ0) is 21.0. The van der Waals surface area contributed by atoms with E-state index in [0.717, 1.165) is 18.6 Å². The molecular formula is C22H33N3O4. The van der Waals surface area contributed by atoms with Crippen LogP contribution in [0.5, 0.6) is 5.75 Å². The summed E-state index contributed by atoms with van der Waals surface area (Å²) >= 11 is 0. The molecule has 1 aromatic rings. The van der Waals surface area contributed by atoms with Crippen LogP contribution in [-0.4, -0.2) is 78.7 Å². The number of methoxy groups -OCH3 is 1. The SMILES string of the molecule is COc1ccc(C(=O)N2CCC[C@@]3(CN(CC(=O)NC(C)C)CC[C@H]3O)C2)cc1. The second-order valence-electron chi connectivity index (χ2n) is 8.66. The molecule has 2 amide bonds. The molecule has 0 saturated carbocycles. The van der Waals surface area contributed by atoms with Gasteiger partial charge in [0.1, 0.15) is 5.75 Å². The Labute approximate surface area is 173 Å². The van der Waals surface area contributed by atoms with Crippen LogP contribution in [0, 0.1) is 5.41 Å². The number of carbonyl (C=O) groups excluding carboxylic acids is 2. The van der Waals surface area contributed by atoms with Gasteiger partial charge in [0.05, 0.1) is 19.8 Å². The molecule has 7 heteroatoms. The first-order chi connectivity index (χ1) is 13.8. The van der Waals surface area contributed by atoms with Gasteiger partial charge in [-0.15, -0.1) is 0 Å². The molecule has 0 unspecified atom stereocenters. The lowest BCUT2D eigenvalue weighted by atomic mass is 9.71. The fourth-order valence-electron chi connectivity index (χ4n) is 4.60. The highest BCUT2D eigenvalue weighted by atomic mass is 16.5. The standard InChI is InChI=1S/C22H33N3O4/c1-16(2)23-20(27)13-24-12-9-19(26)22(14-24)10-4-11-25(15-22)21(28)17-5-7-18(29-3)8-6-17/h5-8,16,19,26H,4,9-15H2,1-3H3,(H,23,27)/t19-,22-/m1/s1. The molecule has 2 atom stereocenters. The first-order valence-electron chi connectivity index (χ1n) is 10.5. The zero-order valence-corrected chi connectivity index (χ0v) is 17.7. The number of likely N-dealkylation sites (tertiary alicyclic amines) is 2. The summed E-state index contributed by atoms with van der Waals surface area (Å²) in [4.78, 5) is 29.2. The van der Waals surface area contributed by atoms with Crippen molar-refractivity contribution in [3.05, 3.63) is 29.8 Å². The number of benzene rings is 1. The van der Waals surface area contributed by atoms with Gasteiger partial charge in [0.2, 0.25) is 5.91 Å². The molecular weight excluding hydrogens is 370 g/mol. The van der Waals surface area contributed by atoms with E-state index in [1.165, 1.54) is 0 Å². The molecule has 2 fully saturated rings. The molecule has 0 radical (unpaired) electrons. The van der Waals surface area contributed by atoms with Crippen molar-refractivity contribution in [2.75, 3.05) is 39.8 Å². The predicted molar refractivity (Wildman–Crippen MR) is 111 cm³/mol. The number of aliphatic hydroxyl groups is 1. The van der Waals surface area contributed by atoms with Gasteiger partial charge in [0, 0.05) is 43.2 Å². The average Bonchev–Trinajstić information content (AvgIpc) is 2.70. The smallest absolute Gasteiger partial charge is 0.253 e. The number of nitrogens with zero attached hydrogens (tertiary/aromatic N) is 2. The van der Waals surface area contributed by atoms with Crippen molar-refractivity contribution < 1.29 is 19.4 Å². The molecule has 1 aromatic carbocycles. The minimum absolute atomic E-state index is 0.00788. The van der Waals surface area contributed by atoms with Crippen LogP contribution < -0.4 is 10.1 Å². The van der Waals surface area contributed by atoms with E-state index in [1.807, 2.05) is 18.7 Å². The third-order valence-electron chi connectivity index (χ3n) is 6.01. The fraction of sp³-hybridized carbons (Fsp3) is 0.636. The van der Waals surface area contributed by atoms with Crippen LogP contribution in [0.1, 0.15) is 43.5 Å². The number of hydrogen-bond donors (Lipinski definition) is 2. The van der Waals surface area contributed by atoms with Gasteiger partial charge in [-0.3, -0.25) is 14.5 Å². The number of aliphatic hydroxyl groups excluding tert-OH is 1. The molecule has 2 saturated heterocycles. The molecule has 2 N–H and O–H groups in total. The number of piperidine rings is 2. The molecule has 29 heavy (non-hydrogen) atoms. The van der Waals surface area contributed by atoms with Crippen molar-refractivity contribution in [1.82, 2.24) is 15.1 Å². The Bertz CT molecular complexity index is 721. The number of hydrogen-bond acceptors (Lipinski definition) is 5. The van der Waals surface area contributed by atoms with Gasteiger partial charge < -0.3 is 20.1 Å². The predicted octanol–water partition coefficient (Wildman–Crippen LogP) is 1.51. The van der Waals surface area contributed by atoms with Gasteiger partial charge >= 0.3 is 0 Å². The van der Waals surface area contributed by atoms with E-state index in [4.69, 9.17) is 4.74 Å². The maximum Gasteiger partial charge on any atom is 0.253 e. The zero-order valence-electron chi connectivity index (χ0n) is 17.7.